The summed E-state index contributed by atoms with van der Waals surface area (Å²) in [5, 5.41) is 22.1. The zero-order valence-corrected chi connectivity index (χ0v) is 8.99. The van der Waals surface area contributed by atoms with Gasteiger partial charge in [-0.1, -0.05) is 17.3 Å². The largest absolute Gasteiger partial charge is 0.461 e. The van der Waals surface area contributed by atoms with Crippen LogP contribution in [0.1, 0.15) is 12.5 Å². The second kappa shape index (κ2) is 5.59. The van der Waals surface area contributed by atoms with E-state index in [9.17, 15) is 14.9 Å². The number of hydrogen-bond donors (Lipinski definition) is 1. The summed E-state index contributed by atoms with van der Waals surface area (Å²) in [6, 6.07) is 5.20. The average molecular weight is 238 g/mol. The second-order valence-electron chi connectivity index (χ2n) is 2.98. The number of oxime groups is 1. The van der Waals surface area contributed by atoms with E-state index in [2.05, 4.69) is 9.89 Å². The highest BCUT2D eigenvalue weighted by atomic mass is 16.6. The van der Waals surface area contributed by atoms with Gasteiger partial charge < -0.3 is 9.94 Å². The molecule has 0 atom stereocenters. The number of ether oxygens (including phenoxy) is 1. The number of carbonyl (C=O) groups is 1. The summed E-state index contributed by atoms with van der Waals surface area (Å²) in [7, 11) is 0. The molecule has 0 aliphatic rings. The highest BCUT2D eigenvalue weighted by Crippen LogP contribution is 2.14. The fourth-order valence-electron chi connectivity index (χ4n) is 1.18. The van der Waals surface area contributed by atoms with Crippen LogP contribution in [-0.4, -0.2) is 28.4 Å². The van der Waals surface area contributed by atoms with Crippen molar-refractivity contribution < 1.29 is 19.7 Å². The summed E-state index contributed by atoms with van der Waals surface area (Å²) in [4.78, 5) is 21.3. The lowest BCUT2D eigenvalue weighted by molar-refractivity contribution is -0.384. The van der Waals surface area contributed by atoms with Crippen molar-refractivity contribution in [2.24, 2.45) is 5.16 Å². The first-order valence-corrected chi connectivity index (χ1v) is 4.74. The predicted molar refractivity (Wildman–Crippen MR) is 58.1 cm³/mol. The van der Waals surface area contributed by atoms with Crippen molar-refractivity contribution >= 4 is 17.4 Å². The van der Waals surface area contributed by atoms with Gasteiger partial charge in [-0.05, 0) is 6.92 Å². The van der Waals surface area contributed by atoms with E-state index in [1.54, 1.807) is 6.92 Å². The zero-order chi connectivity index (χ0) is 12.8. The van der Waals surface area contributed by atoms with E-state index < -0.39 is 10.9 Å². The lowest BCUT2D eigenvalue weighted by Gasteiger charge is -2.03. The summed E-state index contributed by atoms with van der Waals surface area (Å²) in [6.45, 7) is 1.72. The van der Waals surface area contributed by atoms with E-state index in [0.29, 0.717) is 0 Å². The van der Waals surface area contributed by atoms with Gasteiger partial charge in [0, 0.05) is 17.7 Å². The number of esters is 1. The minimum Gasteiger partial charge on any atom is -0.461 e. The Morgan fingerprint density at radius 2 is 2.29 bits per heavy atom. The first-order chi connectivity index (χ1) is 8.10. The molecule has 7 heteroatoms. The molecule has 0 spiro atoms. The Balaban J connectivity index is 3.09. The third kappa shape index (κ3) is 3.00. The van der Waals surface area contributed by atoms with Crippen LogP contribution in [0.2, 0.25) is 0 Å². The Bertz CT molecular complexity index is 470. The molecule has 0 aliphatic heterocycles. The van der Waals surface area contributed by atoms with Gasteiger partial charge in [0.05, 0.1) is 11.5 Å². The molecule has 0 bridgehead atoms. The monoisotopic (exact) mass is 238 g/mol. The Morgan fingerprint density at radius 3 is 2.82 bits per heavy atom. The Kier molecular flexibility index (Phi) is 4.15. The third-order valence-electron chi connectivity index (χ3n) is 1.90. The number of nitrogens with zero attached hydrogens (tertiary/aromatic N) is 2. The lowest BCUT2D eigenvalue weighted by Crippen LogP contribution is -2.18. The lowest BCUT2D eigenvalue weighted by atomic mass is 10.1. The van der Waals surface area contributed by atoms with Crippen LogP contribution in [-0.2, 0) is 9.53 Å². The number of carbonyl (C=O) groups excluding carboxylic acids is 1. The highest BCUT2D eigenvalue weighted by molar-refractivity contribution is 6.43. The van der Waals surface area contributed by atoms with Crippen molar-refractivity contribution in [3.63, 3.8) is 0 Å². The topological polar surface area (TPSA) is 102 Å². The van der Waals surface area contributed by atoms with Crippen molar-refractivity contribution in [2.45, 2.75) is 6.92 Å². The Hall–Kier alpha value is -2.44. The molecule has 1 N–H and O–H groups in total. The average Bonchev–Trinajstić information content (AvgIpc) is 2.30. The van der Waals surface area contributed by atoms with Gasteiger partial charge in [-0.25, -0.2) is 4.79 Å². The SMILES string of the molecule is CCOC(=O)/C(=N/O)c1cccc([N+](=O)[O-])c1. The van der Waals surface area contributed by atoms with E-state index in [1.807, 2.05) is 0 Å². The molecule has 0 unspecified atom stereocenters. The van der Waals surface area contributed by atoms with Crippen molar-refractivity contribution in [2.75, 3.05) is 6.61 Å². The molecule has 0 radical (unpaired) electrons. The quantitative estimate of drug-likeness (QED) is 0.280. The minimum absolute atomic E-state index is 0.118. The number of hydrogen-bond acceptors (Lipinski definition) is 6. The zero-order valence-electron chi connectivity index (χ0n) is 8.99. The van der Waals surface area contributed by atoms with Crippen molar-refractivity contribution in [3.8, 4) is 0 Å². The van der Waals surface area contributed by atoms with Crippen LogP contribution in [0.5, 0.6) is 0 Å². The molecule has 0 saturated heterocycles. The summed E-state index contributed by atoms with van der Waals surface area (Å²) < 4.78 is 4.65. The molecular weight excluding hydrogens is 228 g/mol. The standard InChI is InChI=1S/C10H10N2O5/c1-2-17-10(13)9(11-14)7-4-3-5-8(6-7)12(15)16/h3-6,14H,2H2,1H3/b11-9+. The van der Waals surface area contributed by atoms with Gasteiger partial charge in [0.25, 0.3) is 5.69 Å². The third-order valence-corrected chi connectivity index (χ3v) is 1.90. The molecule has 1 rings (SSSR count). The van der Waals surface area contributed by atoms with Crippen molar-refractivity contribution in [1.82, 2.24) is 0 Å². The van der Waals surface area contributed by atoms with Crippen LogP contribution >= 0.6 is 0 Å². The predicted octanol–water partition coefficient (Wildman–Crippen LogP) is 1.34. The molecule has 0 amide bonds. The van der Waals surface area contributed by atoms with Gasteiger partial charge in [-0.3, -0.25) is 10.1 Å². The molecule has 0 saturated carbocycles. The number of non-ortho nitro benzene ring substituents is 1. The molecule has 1 aromatic rings. The van der Waals surface area contributed by atoms with Gasteiger partial charge in [0.1, 0.15) is 0 Å². The summed E-state index contributed by atoms with van der Waals surface area (Å²) in [6.07, 6.45) is 0. The van der Waals surface area contributed by atoms with Crippen LogP contribution < -0.4 is 0 Å². The normalized spacial score (nSPS) is 11.0. The van der Waals surface area contributed by atoms with Gasteiger partial charge in [0.2, 0.25) is 0 Å². The minimum atomic E-state index is -0.838. The van der Waals surface area contributed by atoms with Crippen LogP contribution in [0.25, 0.3) is 0 Å². The Morgan fingerprint density at radius 1 is 1.59 bits per heavy atom. The second-order valence-corrected chi connectivity index (χ2v) is 2.98. The van der Waals surface area contributed by atoms with E-state index in [4.69, 9.17) is 5.21 Å². The fourth-order valence-corrected chi connectivity index (χ4v) is 1.18. The van der Waals surface area contributed by atoms with Crippen LogP contribution in [0, 0.1) is 10.1 Å². The van der Waals surface area contributed by atoms with Gasteiger partial charge in [-0.2, -0.15) is 0 Å². The van der Waals surface area contributed by atoms with Crippen LogP contribution in [0.15, 0.2) is 29.4 Å². The molecule has 17 heavy (non-hydrogen) atoms. The summed E-state index contributed by atoms with van der Waals surface area (Å²) in [5.74, 6) is -0.838. The molecule has 7 nitrogen and oxygen atoms in total. The maximum absolute atomic E-state index is 11.4. The summed E-state index contributed by atoms with van der Waals surface area (Å²) >= 11 is 0. The molecule has 90 valence electrons. The van der Waals surface area contributed by atoms with Crippen molar-refractivity contribution in [3.05, 3.63) is 39.9 Å². The summed E-state index contributed by atoms with van der Waals surface area (Å²) in [5.41, 5.74) is -0.441. The van der Waals surface area contributed by atoms with Crippen LogP contribution in [0.4, 0.5) is 5.69 Å². The molecule has 1 aromatic carbocycles. The first kappa shape index (κ1) is 12.6. The maximum Gasteiger partial charge on any atom is 0.361 e. The number of benzene rings is 1. The first-order valence-electron chi connectivity index (χ1n) is 4.74. The highest BCUT2D eigenvalue weighted by Gasteiger charge is 2.18. The number of rotatable bonds is 4. The van der Waals surface area contributed by atoms with E-state index in [-0.39, 0.29) is 23.6 Å². The van der Waals surface area contributed by atoms with Gasteiger partial charge >= 0.3 is 5.97 Å². The molecule has 0 aliphatic carbocycles. The molecule has 0 fully saturated rings. The van der Waals surface area contributed by atoms with Gasteiger partial charge in [-0.15, -0.1) is 0 Å². The van der Waals surface area contributed by atoms with Crippen LogP contribution in [0.3, 0.4) is 0 Å². The van der Waals surface area contributed by atoms with E-state index in [1.165, 1.54) is 18.2 Å². The Labute approximate surface area is 96.5 Å². The van der Waals surface area contributed by atoms with E-state index in [0.717, 1.165) is 6.07 Å². The van der Waals surface area contributed by atoms with E-state index >= 15 is 0 Å². The van der Waals surface area contributed by atoms with Crippen molar-refractivity contribution in [1.29, 1.82) is 0 Å². The smallest absolute Gasteiger partial charge is 0.361 e. The fraction of sp³-hybridized carbons (Fsp3) is 0.200. The van der Waals surface area contributed by atoms with Gasteiger partial charge in [0.15, 0.2) is 5.71 Å². The number of nitro groups is 1. The number of nitro benzene ring substituents is 1. The molecule has 0 aromatic heterocycles. The molecule has 0 heterocycles. The molecular formula is C10H10N2O5. The maximum atomic E-state index is 11.4.